The number of hydrogen-bond acceptors (Lipinski definition) is 4. The lowest BCUT2D eigenvalue weighted by Gasteiger charge is -2.29. The minimum absolute atomic E-state index is 0.0266. The van der Waals surface area contributed by atoms with Gasteiger partial charge < -0.3 is 10.1 Å². The molecule has 0 bridgehead atoms. The van der Waals surface area contributed by atoms with Crippen LogP contribution in [0.2, 0.25) is 0 Å². The molecule has 108 valence electrons. The van der Waals surface area contributed by atoms with Gasteiger partial charge in [-0.05, 0) is 33.1 Å². The molecule has 4 nitrogen and oxygen atoms in total. The first-order valence-electron chi connectivity index (χ1n) is 7.01. The normalized spacial score (nSPS) is 13.4. The molecule has 1 unspecified atom stereocenters. The molecule has 0 fully saturated rings. The third-order valence-corrected chi connectivity index (χ3v) is 3.11. The molecule has 1 aromatic heterocycles. The molecule has 1 N–H and O–H groups in total. The van der Waals surface area contributed by atoms with Crippen LogP contribution in [0.15, 0.2) is 0 Å². The summed E-state index contributed by atoms with van der Waals surface area (Å²) in [5.41, 5.74) is 2.09. The Morgan fingerprint density at radius 1 is 1.16 bits per heavy atom. The van der Waals surface area contributed by atoms with E-state index in [2.05, 4.69) is 43.0 Å². The fourth-order valence-corrected chi connectivity index (χ4v) is 1.99. The summed E-state index contributed by atoms with van der Waals surface area (Å²) in [6.07, 6.45) is -0.0887. The third kappa shape index (κ3) is 3.90. The largest absolute Gasteiger partial charge is 0.370 e. The molecule has 0 aromatic carbocycles. The molecule has 0 radical (unpaired) electrons. The lowest BCUT2D eigenvalue weighted by atomic mass is 9.88. The van der Waals surface area contributed by atoms with Crippen molar-refractivity contribution >= 4 is 5.82 Å². The molecule has 0 spiro atoms. The number of aromatic nitrogens is 2. The van der Waals surface area contributed by atoms with Crippen LogP contribution in [0, 0.1) is 19.3 Å². The van der Waals surface area contributed by atoms with Crippen molar-refractivity contribution in [3.05, 3.63) is 17.1 Å². The van der Waals surface area contributed by atoms with Crippen molar-refractivity contribution in [1.29, 1.82) is 0 Å². The molecular formula is C15H27N3O. The van der Waals surface area contributed by atoms with Crippen molar-refractivity contribution in [1.82, 2.24) is 9.97 Å². The van der Waals surface area contributed by atoms with E-state index in [-0.39, 0.29) is 11.5 Å². The van der Waals surface area contributed by atoms with Gasteiger partial charge in [0.25, 0.3) is 0 Å². The maximum Gasteiger partial charge on any atom is 0.160 e. The number of rotatable bonds is 5. The Balaban J connectivity index is 3.24. The maximum absolute atomic E-state index is 5.87. The fourth-order valence-electron chi connectivity index (χ4n) is 1.99. The zero-order valence-electron chi connectivity index (χ0n) is 13.3. The SMILES string of the molecule is CCNc1nc(C(OCC)C(C)(C)C)nc(C)c1C. The van der Waals surface area contributed by atoms with E-state index < -0.39 is 0 Å². The van der Waals surface area contributed by atoms with Crippen LogP contribution in [0.25, 0.3) is 0 Å². The first-order valence-corrected chi connectivity index (χ1v) is 7.01. The van der Waals surface area contributed by atoms with Crippen LogP contribution >= 0.6 is 0 Å². The monoisotopic (exact) mass is 265 g/mol. The second-order valence-electron chi connectivity index (χ2n) is 5.87. The highest BCUT2D eigenvalue weighted by atomic mass is 16.5. The van der Waals surface area contributed by atoms with Gasteiger partial charge in [0, 0.05) is 24.4 Å². The molecule has 1 aromatic rings. The van der Waals surface area contributed by atoms with E-state index in [4.69, 9.17) is 4.74 Å². The molecule has 0 saturated carbocycles. The molecule has 0 saturated heterocycles. The van der Waals surface area contributed by atoms with E-state index in [1.165, 1.54) is 0 Å². The molecule has 1 atom stereocenters. The van der Waals surface area contributed by atoms with Gasteiger partial charge in [-0.2, -0.15) is 0 Å². The summed E-state index contributed by atoms with van der Waals surface area (Å²) >= 11 is 0. The molecule has 0 aliphatic rings. The van der Waals surface area contributed by atoms with Crippen LogP contribution < -0.4 is 5.32 Å². The van der Waals surface area contributed by atoms with E-state index in [0.717, 1.165) is 29.4 Å². The number of anilines is 1. The zero-order valence-corrected chi connectivity index (χ0v) is 13.3. The minimum atomic E-state index is -0.0887. The molecule has 1 rings (SSSR count). The minimum Gasteiger partial charge on any atom is -0.370 e. The van der Waals surface area contributed by atoms with Crippen LogP contribution in [-0.2, 0) is 4.74 Å². The summed E-state index contributed by atoms with van der Waals surface area (Å²) < 4.78 is 5.87. The number of ether oxygens (including phenoxy) is 1. The van der Waals surface area contributed by atoms with E-state index in [9.17, 15) is 0 Å². The highest BCUT2D eigenvalue weighted by Gasteiger charge is 2.30. The third-order valence-electron chi connectivity index (χ3n) is 3.11. The van der Waals surface area contributed by atoms with Crippen LogP contribution in [0.4, 0.5) is 5.82 Å². The second kappa shape index (κ2) is 6.33. The van der Waals surface area contributed by atoms with Crippen LogP contribution in [0.1, 0.15) is 57.8 Å². The summed E-state index contributed by atoms with van der Waals surface area (Å²) in [5, 5.41) is 3.30. The summed E-state index contributed by atoms with van der Waals surface area (Å²) in [6, 6.07) is 0. The van der Waals surface area contributed by atoms with E-state index >= 15 is 0 Å². The van der Waals surface area contributed by atoms with Gasteiger partial charge in [-0.3, -0.25) is 0 Å². The van der Waals surface area contributed by atoms with Crippen molar-refractivity contribution in [2.45, 2.75) is 54.6 Å². The van der Waals surface area contributed by atoms with E-state index in [1.54, 1.807) is 0 Å². The van der Waals surface area contributed by atoms with Gasteiger partial charge in [-0.1, -0.05) is 20.8 Å². The van der Waals surface area contributed by atoms with E-state index in [0.29, 0.717) is 6.61 Å². The average molecular weight is 265 g/mol. The van der Waals surface area contributed by atoms with Gasteiger partial charge in [-0.25, -0.2) is 9.97 Å². The first kappa shape index (κ1) is 15.9. The topological polar surface area (TPSA) is 47.0 Å². The smallest absolute Gasteiger partial charge is 0.160 e. The van der Waals surface area contributed by atoms with Gasteiger partial charge in [0.15, 0.2) is 5.82 Å². The molecule has 0 amide bonds. The van der Waals surface area contributed by atoms with Crippen molar-refractivity contribution in [3.8, 4) is 0 Å². The Hall–Kier alpha value is -1.16. The van der Waals surface area contributed by atoms with Gasteiger partial charge in [0.2, 0.25) is 0 Å². The van der Waals surface area contributed by atoms with E-state index in [1.807, 2.05) is 20.8 Å². The molecule has 4 heteroatoms. The average Bonchev–Trinajstić information content (AvgIpc) is 2.30. The highest BCUT2D eigenvalue weighted by molar-refractivity contribution is 5.45. The Bertz CT molecular complexity index is 424. The summed E-state index contributed by atoms with van der Waals surface area (Å²) in [6.45, 7) is 16.1. The predicted molar refractivity (Wildman–Crippen MR) is 79.5 cm³/mol. The number of hydrogen-bond donors (Lipinski definition) is 1. The van der Waals surface area contributed by atoms with Gasteiger partial charge in [-0.15, -0.1) is 0 Å². The Labute approximate surface area is 117 Å². The summed E-state index contributed by atoms with van der Waals surface area (Å²) in [5.74, 6) is 1.69. The molecule has 0 aliphatic heterocycles. The first-order chi connectivity index (χ1) is 8.81. The zero-order chi connectivity index (χ0) is 14.6. The quantitative estimate of drug-likeness (QED) is 0.882. The fraction of sp³-hybridized carbons (Fsp3) is 0.733. The maximum atomic E-state index is 5.87. The Morgan fingerprint density at radius 2 is 1.79 bits per heavy atom. The molecule has 1 heterocycles. The second-order valence-corrected chi connectivity index (χ2v) is 5.87. The van der Waals surface area contributed by atoms with Crippen LogP contribution in [-0.4, -0.2) is 23.1 Å². The van der Waals surface area contributed by atoms with Crippen molar-refractivity contribution < 1.29 is 4.74 Å². The Morgan fingerprint density at radius 3 is 2.26 bits per heavy atom. The van der Waals surface area contributed by atoms with Crippen LogP contribution in [0.3, 0.4) is 0 Å². The summed E-state index contributed by atoms with van der Waals surface area (Å²) in [7, 11) is 0. The van der Waals surface area contributed by atoms with Crippen molar-refractivity contribution in [3.63, 3.8) is 0 Å². The summed E-state index contributed by atoms with van der Waals surface area (Å²) in [4.78, 5) is 9.29. The van der Waals surface area contributed by atoms with Crippen molar-refractivity contribution in [2.24, 2.45) is 5.41 Å². The van der Waals surface area contributed by atoms with Gasteiger partial charge >= 0.3 is 0 Å². The lowest BCUT2D eigenvalue weighted by molar-refractivity contribution is -0.0191. The van der Waals surface area contributed by atoms with Crippen molar-refractivity contribution in [2.75, 3.05) is 18.5 Å². The number of aryl methyl sites for hydroxylation is 1. The van der Waals surface area contributed by atoms with Crippen LogP contribution in [0.5, 0.6) is 0 Å². The predicted octanol–water partition coefficient (Wildman–Crippen LogP) is 3.65. The van der Waals surface area contributed by atoms with Gasteiger partial charge in [0.1, 0.15) is 11.9 Å². The van der Waals surface area contributed by atoms with Gasteiger partial charge in [0.05, 0.1) is 0 Å². The lowest BCUT2D eigenvalue weighted by Crippen LogP contribution is -2.24. The Kier molecular flexibility index (Phi) is 5.29. The number of nitrogens with zero attached hydrogens (tertiary/aromatic N) is 2. The molecule has 19 heavy (non-hydrogen) atoms. The number of nitrogens with one attached hydrogen (secondary N) is 1. The molecular weight excluding hydrogens is 238 g/mol. The molecule has 0 aliphatic carbocycles. The highest BCUT2D eigenvalue weighted by Crippen LogP contribution is 2.35. The standard InChI is InChI=1S/C15H27N3O/c1-8-16-13-10(3)11(4)17-14(18-13)12(19-9-2)15(5,6)7/h12H,8-9H2,1-7H3,(H,16,17,18).